The van der Waals surface area contributed by atoms with Gasteiger partial charge in [-0.3, -0.25) is 4.31 Å². The second kappa shape index (κ2) is 12.0. The molecule has 0 aromatic heterocycles. The Hall–Kier alpha value is -1.03. The molecule has 11 heteroatoms. The van der Waals surface area contributed by atoms with Crippen LogP contribution < -0.4 is 4.31 Å². The van der Waals surface area contributed by atoms with E-state index in [4.69, 9.17) is 34.8 Å². The second-order valence-corrected chi connectivity index (χ2v) is 14.5. The van der Waals surface area contributed by atoms with Crippen LogP contribution in [0.1, 0.15) is 32.6 Å². The maximum Gasteiger partial charge on any atom is 0.264 e. The number of halogens is 3. The lowest BCUT2D eigenvalue weighted by Crippen LogP contribution is -2.41. The molecule has 2 aromatic carbocycles. The minimum Gasteiger partial charge on any atom is -0.303 e. The highest BCUT2D eigenvalue weighted by Crippen LogP contribution is 2.35. The van der Waals surface area contributed by atoms with Crippen LogP contribution in [0.25, 0.3) is 0 Å². The molecule has 0 spiro atoms. The van der Waals surface area contributed by atoms with Crippen molar-refractivity contribution in [2.45, 2.75) is 43.5 Å². The van der Waals surface area contributed by atoms with E-state index < -0.39 is 25.9 Å². The summed E-state index contributed by atoms with van der Waals surface area (Å²) in [6, 6.07) is 10.4. The number of benzene rings is 2. The van der Waals surface area contributed by atoms with Crippen LogP contribution in [0.15, 0.2) is 47.4 Å². The number of sulfone groups is 1. The smallest absolute Gasteiger partial charge is 0.264 e. The number of hydrogen-bond donors (Lipinski definition) is 0. The zero-order chi connectivity index (χ0) is 25.8. The predicted molar refractivity (Wildman–Crippen MR) is 145 cm³/mol. The molecule has 0 saturated carbocycles. The van der Waals surface area contributed by atoms with Crippen LogP contribution >= 0.6 is 34.8 Å². The van der Waals surface area contributed by atoms with Gasteiger partial charge in [0.05, 0.1) is 21.4 Å². The Balaban J connectivity index is 1.77. The molecule has 1 fully saturated rings. The van der Waals surface area contributed by atoms with Gasteiger partial charge in [0, 0.05) is 28.9 Å². The zero-order valence-electron chi connectivity index (χ0n) is 19.8. The predicted octanol–water partition coefficient (Wildman–Crippen LogP) is 5.77. The Bertz CT molecular complexity index is 1220. The lowest BCUT2D eigenvalue weighted by atomic mass is 9.99. The SMILES string of the molecule is CC(CCCN1CCCC(CS(C)(=O)=O)C1)N(c1cc(Cl)ccc1Cl)S(=O)(=O)c1ccc(Cl)cc1. The van der Waals surface area contributed by atoms with Gasteiger partial charge in [-0.2, -0.15) is 0 Å². The minimum absolute atomic E-state index is 0.115. The van der Waals surface area contributed by atoms with E-state index in [0.717, 1.165) is 38.9 Å². The van der Waals surface area contributed by atoms with Crippen molar-refractivity contribution in [3.8, 4) is 0 Å². The summed E-state index contributed by atoms with van der Waals surface area (Å²) in [5, 5.41) is 1.12. The molecular formula is C24H31Cl3N2O4S2. The van der Waals surface area contributed by atoms with Gasteiger partial charge in [0.2, 0.25) is 0 Å². The van der Waals surface area contributed by atoms with Crippen LogP contribution in [0.3, 0.4) is 0 Å². The number of anilines is 1. The van der Waals surface area contributed by atoms with Gasteiger partial charge in [-0.1, -0.05) is 34.8 Å². The van der Waals surface area contributed by atoms with Gasteiger partial charge in [-0.05, 0) is 94.1 Å². The van der Waals surface area contributed by atoms with Crippen molar-refractivity contribution in [3.05, 3.63) is 57.5 Å². The van der Waals surface area contributed by atoms with Crippen LogP contribution in [-0.4, -0.2) is 59.4 Å². The first-order valence-electron chi connectivity index (χ1n) is 11.5. The van der Waals surface area contributed by atoms with Gasteiger partial charge < -0.3 is 4.90 Å². The maximum absolute atomic E-state index is 13.7. The standard InChI is InChI=1S/C24H31Cl3N2O4S2/c1-18(5-3-13-28-14-4-6-19(16-28)17-34(2,30)31)29(24-15-21(26)9-12-23(24)27)35(32,33)22-10-7-20(25)8-11-22/h7-12,15,18-19H,3-6,13-14,16-17H2,1-2H3. The van der Waals surface area contributed by atoms with Crippen molar-refractivity contribution in [2.75, 3.05) is 35.9 Å². The maximum atomic E-state index is 13.7. The summed E-state index contributed by atoms with van der Waals surface area (Å²) in [5.41, 5.74) is 0.327. The first kappa shape index (κ1) is 28.5. The Labute approximate surface area is 224 Å². The fourth-order valence-corrected chi connectivity index (χ4v) is 8.00. The molecule has 1 aliphatic rings. The quantitative estimate of drug-likeness (QED) is 0.356. The summed E-state index contributed by atoms with van der Waals surface area (Å²) >= 11 is 18.6. The largest absolute Gasteiger partial charge is 0.303 e. The first-order chi connectivity index (χ1) is 16.4. The summed E-state index contributed by atoms with van der Waals surface area (Å²) in [6.07, 6.45) is 4.50. The monoisotopic (exact) mass is 580 g/mol. The molecule has 6 nitrogen and oxygen atoms in total. The van der Waals surface area contributed by atoms with E-state index in [0.29, 0.717) is 27.2 Å². The molecule has 0 bridgehead atoms. The van der Waals surface area contributed by atoms with Crippen LogP contribution in [-0.2, 0) is 19.9 Å². The topological polar surface area (TPSA) is 74.8 Å². The van der Waals surface area contributed by atoms with Crippen LogP contribution in [0.4, 0.5) is 5.69 Å². The van der Waals surface area contributed by atoms with Gasteiger partial charge >= 0.3 is 0 Å². The number of piperidine rings is 1. The van der Waals surface area contributed by atoms with Gasteiger partial charge in [0.25, 0.3) is 10.0 Å². The summed E-state index contributed by atoms with van der Waals surface area (Å²) < 4.78 is 52.1. The molecule has 35 heavy (non-hydrogen) atoms. The van der Waals surface area contributed by atoms with E-state index in [1.165, 1.54) is 22.7 Å². The number of sulfonamides is 1. The summed E-state index contributed by atoms with van der Waals surface area (Å²) in [4.78, 5) is 2.39. The average Bonchev–Trinajstić information content (AvgIpc) is 2.75. The van der Waals surface area contributed by atoms with Crippen molar-refractivity contribution < 1.29 is 16.8 Å². The zero-order valence-corrected chi connectivity index (χ0v) is 23.7. The van der Waals surface area contributed by atoms with E-state index in [1.54, 1.807) is 30.3 Å². The summed E-state index contributed by atoms with van der Waals surface area (Å²) in [5.74, 6) is 0.350. The molecule has 194 valence electrons. The minimum atomic E-state index is -3.94. The Morgan fingerprint density at radius 1 is 1.03 bits per heavy atom. The molecule has 1 saturated heterocycles. The Morgan fingerprint density at radius 2 is 1.69 bits per heavy atom. The molecular weight excluding hydrogens is 551 g/mol. The van der Waals surface area contributed by atoms with Gasteiger partial charge in [-0.25, -0.2) is 16.8 Å². The van der Waals surface area contributed by atoms with Crippen molar-refractivity contribution in [1.29, 1.82) is 0 Å². The Kier molecular flexibility index (Phi) is 9.79. The number of nitrogens with zero attached hydrogens (tertiary/aromatic N) is 2. The van der Waals surface area contributed by atoms with E-state index in [1.807, 2.05) is 6.92 Å². The average molecular weight is 582 g/mol. The van der Waals surface area contributed by atoms with Crippen LogP contribution in [0, 0.1) is 5.92 Å². The molecule has 0 N–H and O–H groups in total. The van der Waals surface area contributed by atoms with E-state index in [9.17, 15) is 16.8 Å². The summed E-state index contributed by atoms with van der Waals surface area (Å²) in [6.45, 7) is 4.28. The van der Waals surface area contributed by atoms with Crippen LogP contribution in [0.2, 0.25) is 15.1 Å². The van der Waals surface area contributed by atoms with Crippen molar-refractivity contribution in [3.63, 3.8) is 0 Å². The molecule has 1 aliphatic heterocycles. The van der Waals surface area contributed by atoms with Crippen LogP contribution in [0.5, 0.6) is 0 Å². The third-order valence-corrected chi connectivity index (χ3v) is 9.98. The van der Waals surface area contributed by atoms with Gasteiger partial charge in [-0.15, -0.1) is 0 Å². The van der Waals surface area contributed by atoms with E-state index in [-0.39, 0.29) is 16.6 Å². The molecule has 2 unspecified atom stereocenters. The fraction of sp³-hybridized carbons (Fsp3) is 0.500. The number of hydrogen-bond acceptors (Lipinski definition) is 5. The lowest BCUT2D eigenvalue weighted by Gasteiger charge is -2.34. The third-order valence-electron chi connectivity index (χ3n) is 6.15. The molecule has 3 rings (SSSR count). The van der Waals surface area contributed by atoms with Crippen molar-refractivity contribution >= 4 is 60.4 Å². The number of rotatable bonds is 10. The molecule has 0 radical (unpaired) electrons. The van der Waals surface area contributed by atoms with Gasteiger partial charge in [0.1, 0.15) is 9.84 Å². The van der Waals surface area contributed by atoms with E-state index >= 15 is 0 Å². The first-order valence-corrected chi connectivity index (χ1v) is 16.2. The molecule has 2 atom stereocenters. The van der Waals surface area contributed by atoms with Gasteiger partial charge in [0.15, 0.2) is 0 Å². The molecule has 0 amide bonds. The fourth-order valence-electron chi connectivity index (χ4n) is 4.62. The van der Waals surface area contributed by atoms with Crippen molar-refractivity contribution in [2.24, 2.45) is 5.92 Å². The molecule has 1 heterocycles. The third kappa shape index (κ3) is 7.98. The molecule has 2 aromatic rings. The Morgan fingerprint density at radius 3 is 2.34 bits per heavy atom. The van der Waals surface area contributed by atoms with E-state index in [2.05, 4.69) is 4.90 Å². The second-order valence-electron chi connectivity index (χ2n) is 9.24. The number of likely N-dealkylation sites (tertiary alicyclic amines) is 1. The lowest BCUT2D eigenvalue weighted by molar-refractivity contribution is 0.181. The summed E-state index contributed by atoms with van der Waals surface area (Å²) in [7, 11) is -6.95. The highest BCUT2D eigenvalue weighted by molar-refractivity contribution is 7.93. The normalized spacial score (nSPS) is 18.4. The highest BCUT2D eigenvalue weighted by Gasteiger charge is 2.31. The highest BCUT2D eigenvalue weighted by atomic mass is 35.5. The molecule has 0 aliphatic carbocycles. The van der Waals surface area contributed by atoms with Crippen molar-refractivity contribution in [1.82, 2.24) is 4.90 Å².